The van der Waals surface area contributed by atoms with Gasteiger partial charge in [-0.15, -0.1) is 0 Å². The predicted molar refractivity (Wildman–Crippen MR) is 116 cm³/mol. The van der Waals surface area contributed by atoms with Gasteiger partial charge in [0.15, 0.2) is 0 Å². The number of rotatable bonds is 4. The Bertz CT molecular complexity index is 1120. The Hall–Kier alpha value is -2.70. The number of hydrogen-bond donors (Lipinski definition) is 2. The Morgan fingerprint density at radius 2 is 1.97 bits per heavy atom. The van der Waals surface area contributed by atoms with Crippen molar-refractivity contribution in [3.05, 3.63) is 86.9 Å². The van der Waals surface area contributed by atoms with Crippen molar-refractivity contribution < 1.29 is 9.18 Å². The highest BCUT2D eigenvalue weighted by atomic mass is 35.5. The van der Waals surface area contributed by atoms with E-state index in [2.05, 4.69) is 10.3 Å². The molecule has 4 nitrogen and oxygen atoms in total. The highest BCUT2D eigenvalue weighted by Crippen LogP contribution is 2.32. The summed E-state index contributed by atoms with van der Waals surface area (Å²) in [6.07, 6.45) is 1.65. The van der Waals surface area contributed by atoms with Crippen molar-refractivity contribution in [2.45, 2.75) is 12.8 Å². The van der Waals surface area contributed by atoms with E-state index in [-0.39, 0.29) is 17.6 Å². The van der Waals surface area contributed by atoms with Crippen LogP contribution in [-0.4, -0.2) is 28.9 Å². The fourth-order valence-corrected chi connectivity index (χ4v) is 3.79. The molecule has 0 unspecified atom stereocenters. The highest BCUT2D eigenvalue weighted by Gasteiger charge is 2.33. The summed E-state index contributed by atoms with van der Waals surface area (Å²) in [5.74, 6) is -0.123. The number of aromatic nitrogens is 1. The molecule has 1 aromatic heterocycles. The van der Waals surface area contributed by atoms with Crippen LogP contribution in [0, 0.1) is 17.4 Å². The van der Waals surface area contributed by atoms with E-state index in [9.17, 15) is 9.18 Å². The molecule has 0 atom stereocenters. The monoisotopic (exact) mass is 427 g/mol. The van der Waals surface area contributed by atoms with Crippen LogP contribution in [0.25, 0.3) is 0 Å². The van der Waals surface area contributed by atoms with Gasteiger partial charge in [-0.2, -0.15) is 0 Å². The van der Waals surface area contributed by atoms with E-state index in [0.717, 1.165) is 16.8 Å². The average Bonchev–Trinajstić information content (AvgIpc) is 2.66. The first-order chi connectivity index (χ1) is 13.9. The summed E-state index contributed by atoms with van der Waals surface area (Å²) in [5.41, 5.74) is 3.81. The van der Waals surface area contributed by atoms with Gasteiger partial charge < -0.3 is 15.2 Å². The second kappa shape index (κ2) is 7.97. The van der Waals surface area contributed by atoms with Crippen molar-refractivity contribution in [3.63, 3.8) is 0 Å². The summed E-state index contributed by atoms with van der Waals surface area (Å²) >= 11 is 11.4. The van der Waals surface area contributed by atoms with Crippen LogP contribution in [0.3, 0.4) is 0 Å². The molecule has 4 rings (SSSR count). The Labute approximate surface area is 178 Å². The Morgan fingerprint density at radius 3 is 2.66 bits per heavy atom. The molecule has 29 heavy (non-hydrogen) atoms. The van der Waals surface area contributed by atoms with Gasteiger partial charge in [-0.3, -0.25) is 4.79 Å². The number of carbonyl (C=O) groups excluding carboxylic acids is 1. The third-order valence-corrected chi connectivity index (χ3v) is 5.83. The smallest absolute Gasteiger partial charge is 0.257 e. The molecular weight excluding hydrogens is 409 g/mol. The standard InChI is InChI=1S/C22H19ClFN3OS/c1-13-20(26-18-4-2-3-16(23)9-18)19(10-25-21(13)29)22(28)27-11-15(12-27)14-5-7-17(24)8-6-14/h2-10,15H,11-12H2,1H3,(H2,25,26,29). The van der Waals surface area contributed by atoms with Crippen LogP contribution in [0.2, 0.25) is 5.02 Å². The maximum atomic E-state index is 13.1. The van der Waals surface area contributed by atoms with E-state index in [1.807, 2.05) is 19.1 Å². The van der Waals surface area contributed by atoms with Crippen molar-refractivity contribution >= 4 is 41.1 Å². The van der Waals surface area contributed by atoms with Crippen molar-refractivity contribution in [1.29, 1.82) is 0 Å². The number of nitrogens with zero attached hydrogens (tertiary/aromatic N) is 1. The minimum atomic E-state index is -0.257. The van der Waals surface area contributed by atoms with Gasteiger partial charge in [-0.25, -0.2) is 4.39 Å². The molecule has 0 aliphatic carbocycles. The van der Waals surface area contributed by atoms with Crippen LogP contribution in [0.5, 0.6) is 0 Å². The minimum absolute atomic E-state index is 0.0813. The van der Waals surface area contributed by atoms with Gasteiger partial charge >= 0.3 is 0 Å². The molecule has 7 heteroatoms. The van der Waals surface area contributed by atoms with Gasteiger partial charge in [0.05, 0.1) is 11.3 Å². The number of anilines is 2. The largest absolute Gasteiger partial charge is 0.354 e. The molecule has 1 aliphatic rings. The van der Waals surface area contributed by atoms with Gasteiger partial charge in [0, 0.05) is 41.5 Å². The number of likely N-dealkylation sites (tertiary alicyclic amines) is 1. The normalized spacial score (nSPS) is 13.8. The van der Waals surface area contributed by atoms with E-state index >= 15 is 0 Å². The van der Waals surface area contributed by atoms with Crippen molar-refractivity contribution in [2.75, 3.05) is 18.4 Å². The van der Waals surface area contributed by atoms with Crippen LogP contribution < -0.4 is 5.32 Å². The molecule has 0 bridgehead atoms. The fourth-order valence-electron chi connectivity index (χ4n) is 3.43. The molecule has 2 N–H and O–H groups in total. The van der Waals surface area contributed by atoms with Crippen molar-refractivity contribution in [3.8, 4) is 0 Å². The van der Waals surface area contributed by atoms with Crippen LogP contribution in [0.4, 0.5) is 15.8 Å². The number of benzene rings is 2. The molecule has 2 heterocycles. The first kappa shape index (κ1) is 19.6. The van der Waals surface area contributed by atoms with Crippen LogP contribution in [-0.2, 0) is 0 Å². The van der Waals surface area contributed by atoms with E-state index in [1.165, 1.54) is 12.1 Å². The number of hydrogen-bond acceptors (Lipinski definition) is 3. The SMILES string of the molecule is Cc1c(Nc2cccc(Cl)c2)c(C(=O)N2CC(c3ccc(F)cc3)C2)c[nH]c1=S. The molecule has 0 spiro atoms. The lowest BCUT2D eigenvalue weighted by Gasteiger charge is -2.40. The lowest BCUT2D eigenvalue weighted by Crippen LogP contribution is -2.48. The van der Waals surface area contributed by atoms with Gasteiger partial charge in [0.1, 0.15) is 10.5 Å². The number of H-pyrrole nitrogens is 1. The van der Waals surface area contributed by atoms with Gasteiger partial charge in [0.2, 0.25) is 0 Å². The molecule has 1 aliphatic heterocycles. The number of halogens is 2. The fraction of sp³-hybridized carbons (Fsp3) is 0.182. The lowest BCUT2D eigenvalue weighted by molar-refractivity contribution is 0.0603. The molecule has 0 saturated carbocycles. The summed E-state index contributed by atoms with van der Waals surface area (Å²) in [6, 6.07) is 13.8. The third kappa shape index (κ3) is 4.04. The lowest BCUT2D eigenvalue weighted by atomic mass is 9.90. The van der Waals surface area contributed by atoms with E-state index in [4.69, 9.17) is 23.8 Å². The number of amides is 1. The molecule has 1 saturated heterocycles. The van der Waals surface area contributed by atoms with Crippen molar-refractivity contribution in [1.82, 2.24) is 9.88 Å². The van der Waals surface area contributed by atoms with Gasteiger partial charge in [-0.05, 0) is 42.8 Å². The van der Waals surface area contributed by atoms with Gasteiger partial charge in [0.25, 0.3) is 5.91 Å². The molecule has 148 valence electrons. The summed E-state index contributed by atoms with van der Waals surface area (Å²) < 4.78 is 13.7. The zero-order valence-electron chi connectivity index (χ0n) is 15.7. The summed E-state index contributed by atoms with van der Waals surface area (Å²) in [7, 11) is 0. The molecule has 1 amide bonds. The topological polar surface area (TPSA) is 48.1 Å². The molecular formula is C22H19ClFN3OS. The second-order valence-electron chi connectivity index (χ2n) is 7.13. The Kier molecular flexibility index (Phi) is 5.39. The maximum absolute atomic E-state index is 13.1. The van der Waals surface area contributed by atoms with Crippen LogP contribution >= 0.6 is 23.8 Å². The minimum Gasteiger partial charge on any atom is -0.354 e. The summed E-state index contributed by atoms with van der Waals surface area (Å²) in [5, 5.41) is 3.90. The number of carbonyl (C=O) groups is 1. The highest BCUT2D eigenvalue weighted by molar-refractivity contribution is 7.71. The van der Waals surface area contributed by atoms with Crippen LogP contribution in [0.1, 0.15) is 27.4 Å². The maximum Gasteiger partial charge on any atom is 0.257 e. The Balaban J connectivity index is 1.57. The van der Waals surface area contributed by atoms with Crippen LogP contribution in [0.15, 0.2) is 54.7 Å². The summed E-state index contributed by atoms with van der Waals surface area (Å²) in [4.78, 5) is 17.9. The predicted octanol–water partition coefficient (Wildman–Crippen LogP) is 5.83. The average molecular weight is 428 g/mol. The first-order valence-corrected chi connectivity index (χ1v) is 10.0. The first-order valence-electron chi connectivity index (χ1n) is 9.22. The molecule has 2 aromatic carbocycles. The van der Waals surface area contributed by atoms with E-state index in [0.29, 0.717) is 34.0 Å². The molecule has 1 fully saturated rings. The Morgan fingerprint density at radius 1 is 1.24 bits per heavy atom. The quantitative estimate of drug-likeness (QED) is 0.515. The number of aromatic amines is 1. The molecule has 3 aromatic rings. The third-order valence-electron chi connectivity index (χ3n) is 5.17. The number of nitrogens with one attached hydrogen (secondary N) is 2. The van der Waals surface area contributed by atoms with Gasteiger partial charge in [-0.1, -0.05) is 42.0 Å². The zero-order chi connectivity index (χ0) is 20.5. The van der Waals surface area contributed by atoms with E-state index in [1.54, 1.807) is 35.4 Å². The van der Waals surface area contributed by atoms with Crippen molar-refractivity contribution in [2.24, 2.45) is 0 Å². The summed E-state index contributed by atoms with van der Waals surface area (Å²) in [6.45, 7) is 3.06. The molecule has 0 radical (unpaired) electrons. The zero-order valence-corrected chi connectivity index (χ0v) is 17.3. The second-order valence-corrected chi connectivity index (χ2v) is 7.97. The number of pyridine rings is 1. The van der Waals surface area contributed by atoms with E-state index < -0.39 is 0 Å².